The minimum atomic E-state index is -0.303. The molecule has 4 nitrogen and oxygen atoms in total. The number of unbranched alkanes of at least 4 members (excludes halogenated alkanes) is 1. The van der Waals surface area contributed by atoms with Gasteiger partial charge in [-0.2, -0.15) is 0 Å². The van der Waals surface area contributed by atoms with Crippen LogP contribution in [0.1, 0.15) is 94.1 Å². The van der Waals surface area contributed by atoms with E-state index in [2.05, 4.69) is 38.1 Å². The maximum Gasteiger partial charge on any atom is 0.343 e. The first-order valence-corrected chi connectivity index (χ1v) is 14.3. The highest BCUT2D eigenvalue weighted by Crippen LogP contribution is 2.59. The number of carbonyl (C=O) groups excluding carboxylic acids is 1. The maximum atomic E-state index is 12.5. The van der Waals surface area contributed by atoms with E-state index >= 15 is 0 Å². The lowest BCUT2D eigenvalue weighted by atomic mass is 9.55. The van der Waals surface area contributed by atoms with Crippen molar-refractivity contribution < 1.29 is 19.0 Å². The molecule has 200 valence electrons. The topological polar surface area (TPSA) is 44.8 Å². The molecular formula is C33H44O4. The zero-order chi connectivity index (χ0) is 26.4. The molecule has 5 unspecified atom stereocenters. The third-order valence-electron chi connectivity index (χ3n) is 8.55. The van der Waals surface area contributed by atoms with Crippen molar-refractivity contribution in [3.05, 3.63) is 77.4 Å². The molecule has 4 heteroatoms. The molecule has 3 aliphatic rings. The van der Waals surface area contributed by atoms with Crippen molar-refractivity contribution >= 4 is 5.97 Å². The van der Waals surface area contributed by atoms with E-state index in [0.29, 0.717) is 29.1 Å². The van der Waals surface area contributed by atoms with Crippen LogP contribution in [0.2, 0.25) is 0 Å². The highest BCUT2D eigenvalue weighted by Gasteiger charge is 2.53. The SMILES string of the molecule is CC.CCCCOC(C)O[C@H]1C=CC2C3CCc4cc(OC(=O)c5ccccc5)ccc4C3CCC21C. The van der Waals surface area contributed by atoms with Crippen molar-refractivity contribution in [1.82, 2.24) is 0 Å². The average Bonchev–Trinajstić information content (AvgIpc) is 3.26. The van der Waals surface area contributed by atoms with Crippen LogP contribution in [0, 0.1) is 17.3 Å². The molecule has 1 saturated carbocycles. The summed E-state index contributed by atoms with van der Waals surface area (Å²) in [5.41, 5.74) is 3.48. The van der Waals surface area contributed by atoms with Gasteiger partial charge in [0.05, 0.1) is 11.7 Å². The Labute approximate surface area is 223 Å². The molecule has 0 bridgehead atoms. The Balaban J connectivity index is 0.00000156. The predicted molar refractivity (Wildman–Crippen MR) is 149 cm³/mol. The molecule has 3 aliphatic carbocycles. The number of fused-ring (bicyclic) bond motifs is 5. The Kier molecular flexibility index (Phi) is 9.26. The molecule has 6 atom stereocenters. The lowest BCUT2D eigenvalue weighted by Gasteiger charge is -2.50. The number of allylic oxidation sites excluding steroid dienone is 1. The summed E-state index contributed by atoms with van der Waals surface area (Å²) in [5, 5.41) is 0. The van der Waals surface area contributed by atoms with Gasteiger partial charge in [0, 0.05) is 12.0 Å². The van der Waals surface area contributed by atoms with E-state index in [9.17, 15) is 4.79 Å². The predicted octanol–water partition coefficient (Wildman–Crippen LogP) is 8.11. The van der Waals surface area contributed by atoms with E-state index < -0.39 is 0 Å². The van der Waals surface area contributed by atoms with E-state index in [0.717, 1.165) is 38.7 Å². The van der Waals surface area contributed by atoms with E-state index in [1.54, 1.807) is 12.1 Å². The number of hydrogen-bond acceptors (Lipinski definition) is 4. The van der Waals surface area contributed by atoms with Gasteiger partial charge < -0.3 is 14.2 Å². The number of rotatable bonds is 8. The molecule has 0 saturated heterocycles. The molecule has 0 spiro atoms. The van der Waals surface area contributed by atoms with Crippen molar-refractivity contribution in [3.8, 4) is 5.75 Å². The summed E-state index contributed by atoms with van der Waals surface area (Å²) in [6, 6.07) is 15.5. The highest BCUT2D eigenvalue weighted by molar-refractivity contribution is 5.91. The molecule has 5 rings (SSSR count). The summed E-state index contributed by atoms with van der Waals surface area (Å²) >= 11 is 0. The molecule has 0 radical (unpaired) electrons. The second kappa shape index (κ2) is 12.4. The molecule has 1 fully saturated rings. The maximum absolute atomic E-state index is 12.5. The molecule has 0 aliphatic heterocycles. The first-order chi connectivity index (χ1) is 18.0. The van der Waals surface area contributed by atoms with E-state index in [1.165, 1.54) is 17.5 Å². The van der Waals surface area contributed by atoms with Gasteiger partial charge in [-0.3, -0.25) is 0 Å². The van der Waals surface area contributed by atoms with Gasteiger partial charge in [-0.25, -0.2) is 4.79 Å². The fourth-order valence-corrected chi connectivity index (χ4v) is 6.61. The van der Waals surface area contributed by atoms with E-state index in [1.807, 2.05) is 45.0 Å². The normalized spacial score (nSPS) is 28.2. The fraction of sp³-hybridized carbons (Fsp3) is 0.545. The van der Waals surface area contributed by atoms with Crippen LogP contribution in [0.25, 0.3) is 0 Å². The zero-order valence-electron chi connectivity index (χ0n) is 23.2. The molecule has 37 heavy (non-hydrogen) atoms. The number of benzene rings is 2. The second-order valence-corrected chi connectivity index (χ2v) is 10.7. The minimum Gasteiger partial charge on any atom is -0.423 e. The largest absolute Gasteiger partial charge is 0.423 e. The summed E-state index contributed by atoms with van der Waals surface area (Å²) in [7, 11) is 0. The van der Waals surface area contributed by atoms with Crippen molar-refractivity contribution in [2.75, 3.05) is 6.61 Å². The summed E-state index contributed by atoms with van der Waals surface area (Å²) in [6.07, 6.45) is 11.4. The Hall–Kier alpha value is -2.43. The lowest BCUT2D eigenvalue weighted by molar-refractivity contribution is -0.182. The number of esters is 1. The van der Waals surface area contributed by atoms with Gasteiger partial charge >= 0.3 is 5.97 Å². The van der Waals surface area contributed by atoms with Crippen LogP contribution in [0.5, 0.6) is 5.75 Å². The first-order valence-electron chi connectivity index (χ1n) is 14.3. The van der Waals surface area contributed by atoms with E-state index in [4.69, 9.17) is 14.2 Å². The first kappa shape index (κ1) is 27.6. The van der Waals surface area contributed by atoms with E-state index in [-0.39, 0.29) is 23.8 Å². The smallest absolute Gasteiger partial charge is 0.343 e. The van der Waals surface area contributed by atoms with Crippen LogP contribution in [-0.4, -0.2) is 25.0 Å². The summed E-state index contributed by atoms with van der Waals surface area (Å²) in [5.74, 6) is 2.04. The van der Waals surface area contributed by atoms with Gasteiger partial charge in [0.1, 0.15) is 5.75 Å². The third kappa shape index (κ3) is 5.86. The standard InChI is InChI=1S/C31H38O4.C2H6/c1-4-5-19-33-21(2)34-29-16-15-28-27-13-11-23-20-24(35-30(32)22-9-7-6-8-10-22)12-14-25(23)26(27)17-18-31(28,29)3;1-2/h6-10,12,14-16,20-21,26-29H,4-5,11,13,17-19H2,1-3H3;1-2H3/t21?,26?,27?,28?,29-,31?;/m0./s1. The van der Waals surface area contributed by atoms with Gasteiger partial charge in [0.15, 0.2) is 6.29 Å². The van der Waals surface area contributed by atoms with Crippen molar-refractivity contribution in [2.24, 2.45) is 17.3 Å². The van der Waals surface area contributed by atoms with Crippen LogP contribution >= 0.6 is 0 Å². The van der Waals surface area contributed by atoms with Gasteiger partial charge in [-0.05, 0) is 92.2 Å². The molecule has 0 heterocycles. The van der Waals surface area contributed by atoms with Gasteiger partial charge in [0.25, 0.3) is 0 Å². The Morgan fingerprint density at radius 1 is 1.08 bits per heavy atom. The molecule has 0 aromatic heterocycles. The van der Waals surface area contributed by atoms with Crippen LogP contribution in [0.3, 0.4) is 0 Å². The number of ether oxygens (including phenoxy) is 3. The monoisotopic (exact) mass is 504 g/mol. The van der Waals surface area contributed by atoms with Crippen LogP contribution < -0.4 is 4.74 Å². The van der Waals surface area contributed by atoms with Crippen LogP contribution in [-0.2, 0) is 15.9 Å². The number of hydrogen-bond donors (Lipinski definition) is 0. The van der Waals surface area contributed by atoms with Crippen LogP contribution in [0.4, 0.5) is 0 Å². The quantitative estimate of drug-likeness (QED) is 0.120. The van der Waals surface area contributed by atoms with Gasteiger partial charge in [0.2, 0.25) is 0 Å². The zero-order valence-corrected chi connectivity index (χ0v) is 23.2. The van der Waals surface area contributed by atoms with Crippen molar-refractivity contribution in [1.29, 1.82) is 0 Å². The van der Waals surface area contributed by atoms with Crippen molar-refractivity contribution in [3.63, 3.8) is 0 Å². The minimum absolute atomic E-state index is 0.117. The molecule has 0 amide bonds. The summed E-state index contributed by atoms with van der Waals surface area (Å²) in [4.78, 5) is 12.5. The van der Waals surface area contributed by atoms with Crippen LogP contribution in [0.15, 0.2) is 60.7 Å². The number of carbonyl (C=O) groups is 1. The number of aryl methyl sites for hydroxylation is 1. The highest BCUT2D eigenvalue weighted by atomic mass is 16.7. The van der Waals surface area contributed by atoms with Crippen molar-refractivity contribution in [2.45, 2.75) is 91.5 Å². The van der Waals surface area contributed by atoms with Gasteiger partial charge in [-0.15, -0.1) is 0 Å². The Morgan fingerprint density at radius 3 is 2.62 bits per heavy atom. The third-order valence-corrected chi connectivity index (χ3v) is 8.55. The molecule has 2 aromatic rings. The molecule has 2 aromatic carbocycles. The molecule has 0 N–H and O–H groups in total. The second-order valence-electron chi connectivity index (χ2n) is 10.7. The average molecular weight is 505 g/mol. The molecular weight excluding hydrogens is 460 g/mol. The Morgan fingerprint density at radius 2 is 1.86 bits per heavy atom. The van der Waals surface area contributed by atoms with Gasteiger partial charge in [-0.1, -0.05) is 70.5 Å². The lowest BCUT2D eigenvalue weighted by Crippen LogP contribution is -2.46. The Bertz CT molecular complexity index is 1060. The fourth-order valence-electron chi connectivity index (χ4n) is 6.61. The summed E-state index contributed by atoms with van der Waals surface area (Å²) < 4.78 is 18.0. The summed E-state index contributed by atoms with van der Waals surface area (Å²) in [6.45, 7) is 11.4.